The van der Waals surface area contributed by atoms with Gasteiger partial charge in [0.25, 0.3) is 0 Å². The highest BCUT2D eigenvalue weighted by Gasteiger charge is 2.10. The molecule has 1 aromatic heterocycles. The van der Waals surface area contributed by atoms with Gasteiger partial charge in [0, 0.05) is 4.88 Å². The molecule has 16 heavy (non-hydrogen) atoms. The van der Waals surface area contributed by atoms with Crippen LogP contribution in [0.5, 0.6) is 0 Å². The molecule has 0 amide bonds. The molecule has 1 heterocycles. The summed E-state index contributed by atoms with van der Waals surface area (Å²) in [5, 5.41) is 1.99. The Balaban J connectivity index is 2.38. The Morgan fingerprint density at radius 2 is 1.81 bits per heavy atom. The highest BCUT2D eigenvalue weighted by atomic mass is 32.2. The molecule has 3 nitrogen and oxygen atoms in total. The molecule has 0 aliphatic heterocycles. The van der Waals surface area contributed by atoms with Gasteiger partial charge in [0.15, 0.2) is 0 Å². The molecule has 0 bridgehead atoms. The maximum Gasteiger partial charge on any atom is 0.240 e. The lowest BCUT2D eigenvalue weighted by atomic mass is 10.2. The third-order valence-corrected chi connectivity index (χ3v) is 4.59. The second kappa shape index (κ2) is 4.37. The summed E-state index contributed by atoms with van der Waals surface area (Å²) in [7, 11) is -1.93. The van der Waals surface area contributed by atoms with E-state index in [9.17, 15) is 8.42 Å². The fraction of sp³-hybridized carbons (Fsp3) is 0.0909. The first-order valence-electron chi connectivity index (χ1n) is 4.71. The Bertz CT molecular complexity index is 557. The molecule has 0 spiro atoms. The van der Waals surface area contributed by atoms with Crippen LogP contribution in [-0.4, -0.2) is 15.5 Å². The van der Waals surface area contributed by atoms with Crippen LogP contribution in [-0.2, 0) is 10.0 Å². The van der Waals surface area contributed by atoms with Crippen molar-refractivity contribution in [2.45, 2.75) is 4.90 Å². The van der Waals surface area contributed by atoms with Gasteiger partial charge in [0.05, 0.1) is 4.90 Å². The van der Waals surface area contributed by atoms with Crippen molar-refractivity contribution < 1.29 is 8.42 Å². The zero-order valence-electron chi connectivity index (χ0n) is 8.67. The first-order chi connectivity index (χ1) is 7.63. The largest absolute Gasteiger partial charge is 0.240 e. The molecule has 0 atom stereocenters. The third-order valence-electron chi connectivity index (χ3n) is 2.24. The third kappa shape index (κ3) is 2.16. The zero-order chi connectivity index (χ0) is 11.6. The highest BCUT2D eigenvalue weighted by molar-refractivity contribution is 7.89. The lowest BCUT2D eigenvalue weighted by Gasteiger charge is -2.03. The molecule has 0 aliphatic carbocycles. The Morgan fingerprint density at radius 3 is 2.31 bits per heavy atom. The van der Waals surface area contributed by atoms with E-state index in [1.165, 1.54) is 7.05 Å². The predicted molar refractivity (Wildman–Crippen MR) is 66.0 cm³/mol. The van der Waals surface area contributed by atoms with E-state index in [0.29, 0.717) is 0 Å². The van der Waals surface area contributed by atoms with E-state index in [-0.39, 0.29) is 4.90 Å². The van der Waals surface area contributed by atoms with Crippen LogP contribution in [0.25, 0.3) is 10.4 Å². The van der Waals surface area contributed by atoms with Gasteiger partial charge in [-0.25, -0.2) is 13.1 Å². The normalized spacial score (nSPS) is 11.6. The van der Waals surface area contributed by atoms with E-state index in [0.717, 1.165) is 10.4 Å². The molecule has 0 radical (unpaired) electrons. The van der Waals surface area contributed by atoms with E-state index in [4.69, 9.17) is 0 Å². The minimum atomic E-state index is -3.33. The minimum Gasteiger partial charge on any atom is -0.214 e. The van der Waals surface area contributed by atoms with Crippen molar-refractivity contribution in [3.63, 3.8) is 0 Å². The maximum atomic E-state index is 11.5. The summed E-state index contributed by atoms with van der Waals surface area (Å²) in [6.45, 7) is 0. The summed E-state index contributed by atoms with van der Waals surface area (Å²) in [5.41, 5.74) is 1.03. The number of nitrogens with one attached hydrogen (secondary N) is 1. The quantitative estimate of drug-likeness (QED) is 0.912. The summed E-state index contributed by atoms with van der Waals surface area (Å²) in [5.74, 6) is 0. The molecule has 2 aromatic rings. The summed E-state index contributed by atoms with van der Waals surface area (Å²) in [6.07, 6.45) is 0. The van der Waals surface area contributed by atoms with Crippen molar-refractivity contribution in [1.82, 2.24) is 4.72 Å². The molecule has 0 fully saturated rings. The second-order valence-electron chi connectivity index (χ2n) is 3.21. The Kier molecular flexibility index (Phi) is 3.09. The van der Waals surface area contributed by atoms with Crippen LogP contribution in [0.15, 0.2) is 46.7 Å². The molecule has 0 unspecified atom stereocenters. The van der Waals surface area contributed by atoms with Gasteiger partial charge in [-0.3, -0.25) is 0 Å². The standard InChI is InChI=1S/C11H11NO2S2/c1-12-16(13,14)10-6-4-9(5-7-10)11-3-2-8-15-11/h2-8,12H,1H3. The molecule has 2 rings (SSSR count). The van der Waals surface area contributed by atoms with E-state index < -0.39 is 10.0 Å². The second-order valence-corrected chi connectivity index (χ2v) is 6.04. The summed E-state index contributed by atoms with van der Waals surface area (Å²) >= 11 is 1.63. The van der Waals surface area contributed by atoms with Crippen LogP contribution in [0.2, 0.25) is 0 Å². The van der Waals surface area contributed by atoms with Crippen LogP contribution in [0.3, 0.4) is 0 Å². The van der Waals surface area contributed by atoms with E-state index in [2.05, 4.69) is 4.72 Å². The molecule has 5 heteroatoms. The first kappa shape index (κ1) is 11.3. The fourth-order valence-corrected chi connectivity index (χ4v) is 2.82. The Hall–Kier alpha value is -1.17. The number of hydrogen-bond donors (Lipinski definition) is 1. The van der Waals surface area contributed by atoms with Gasteiger partial charge in [-0.2, -0.15) is 0 Å². The number of rotatable bonds is 3. The van der Waals surface area contributed by atoms with Crippen LogP contribution in [0.4, 0.5) is 0 Å². The van der Waals surface area contributed by atoms with Gasteiger partial charge in [-0.15, -0.1) is 11.3 Å². The van der Waals surface area contributed by atoms with Gasteiger partial charge in [-0.1, -0.05) is 18.2 Å². The average molecular weight is 253 g/mol. The smallest absolute Gasteiger partial charge is 0.214 e. The molecular formula is C11H11NO2S2. The first-order valence-corrected chi connectivity index (χ1v) is 7.07. The lowest BCUT2D eigenvalue weighted by Crippen LogP contribution is -2.18. The maximum absolute atomic E-state index is 11.5. The SMILES string of the molecule is CNS(=O)(=O)c1ccc(-c2cccs2)cc1. The summed E-state index contributed by atoms with van der Waals surface area (Å²) in [4.78, 5) is 1.42. The molecule has 0 saturated carbocycles. The molecule has 0 saturated heterocycles. The molecule has 1 N–H and O–H groups in total. The Labute approximate surface area is 98.8 Å². The molecular weight excluding hydrogens is 242 g/mol. The van der Waals surface area contributed by atoms with Crippen molar-refractivity contribution in [3.05, 3.63) is 41.8 Å². The van der Waals surface area contributed by atoms with Crippen molar-refractivity contribution in [3.8, 4) is 10.4 Å². The fourth-order valence-electron chi connectivity index (χ4n) is 1.36. The van der Waals surface area contributed by atoms with Crippen LogP contribution in [0, 0.1) is 0 Å². The number of hydrogen-bond acceptors (Lipinski definition) is 3. The summed E-state index contributed by atoms with van der Waals surface area (Å²) < 4.78 is 25.3. The Morgan fingerprint density at radius 1 is 1.12 bits per heavy atom. The molecule has 84 valence electrons. The zero-order valence-corrected chi connectivity index (χ0v) is 10.3. The van der Waals surface area contributed by atoms with Crippen molar-refractivity contribution in [2.24, 2.45) is 0 Å². The van der Waals surface area contributed by atoms with Crippen molar-refractivity contribution in [2.75, 3.05) is 7.05 Å². The molecule has 1 aromatic carbocycles. The van der Waals surface area contributed by atoms with Gasteiger partial charge < -0.3 is 0 Å². The van der Waals surface area contributed by atoms with Crippen LogP contribution in [0.1, 0.15) is 0 Å². The minimum absolute atomic E-state index is 0.287. The van der Waals surface area contributed by atoms with Gasteiger partial charge in [0.2, 0.25) is 10.0 Å². The van der Waals surface area contributed by atoms with Gasteiger partial charge in [0.1, 0.15) is 0 Å². The predicted octanol–water partition coefficient (Wildman–Crippen LogP) is 2.32. The summed E-state index contributed by atoms with van der Waals surface area (Å²) in [6, 6.07) is 10.8. The number of benzene rings is 1. The molecule has 0 aliphatic rings. The van der Waals surface area contributed by atoms with Gasteiger partial charge in [-0.05, 0) is 36.2 Å². The van der Waals surface area contributed by atoms with Gasteiger partial charge >= 0.3 is 0 Å². The van der Waals surface area contributed by atoms with E-state index >= 15 is 0 Å². The topological polar surface area (TPSA) is 46.2 Å². The monoisotopic (exact) mass is 253 g/mol. The number of thiophene rings is 1. The van der Waals surface area contributed by atoms with E-state index in [1.54, 1.807) is 23.5 Å². The number of sulfonamides is 1. The van der Waals surface area contributed by atoms with Crippen LogP contribution >= 0.6 is 11.3 Å². The van der Waals surface area contributed by atoms with Crippen molar-refractivity contribution >= 4 is 21.4 Å². The van der Waals surface area contributed by atoms with E-state index in [1.807, 2.05) is 29.6 Å². The van der Waals surface area contributed by atoms with Crippen molar-refractivity contribution in [1.29, 1.82) is 0 Å². The average Bonchev–Trinajstić information content (AvgIpc) is 2.83. The highest BCUT2D eigenvalue weighted by Crippen LogP contribution is 2.25. The van der Waals surface area contributed by atoms with Crippen LogP contribution < -0.4 is 4.72 Å². The lowest BCUT2D eigenvalue weighted by molar-refractivity contribution is 0.588.